The predicted molar refractivity (Wildman–Crippen MR) is 427 cm³/mol. The van der Waals surface area contributed by atoms with Crippen LogP contribution in [0.5, 0.6) is 0 Å². The molecule has 0 N–H and O–H groups in total. The standard InChI is InChI=1S/4C14H14.16C2H6/c1-11-7-3-5-9-13(11)14-10-6-4-8-12(14)2;2*1-11-6-5-8-13(10-11)14-9-4-3-7-12(14)2;1-11-7-9-13(10-8-11)14-6-4-3-5-12(14)2;16*1-2/h4*3-10H,1-2H3;16*1-2H3. The van der Waals surface area contributed by atoms with Crippen LogP contribution in [0.4, 0.5) is 0 Å². The van der Waals surface area contributed by atoms with E-state index in [2.05, 4.69) is 250 Å². The van der Waals surface area contributed by atoms with Crippen LogP contribution in [0.1, 0.15) is 266 Å². The Bertz CT molecular complexity index is 2310. The first kappa shape index (κ1) is 110. The topological polar surface area (TPSA) is 0 Å². The molecule has 0 aromatic heterocycles. The Morgan fingerprint density at radius 3 is 0.511 bits per heavy atom. The number of hydrogen-bond acceptors (Lipinski definition) is 0. The smallest absolute Gasteiger partial charge is 0.0152 e. The molecule has 0 atom stereocenters. The van der Waals surface area contributed by atoms with Crippen LogP contribution < -0.4 is 0 Å². The van der Waals surface area contributed by atoms with Crippen molar-refractivity contribution in [1.82, 2.24) is 0 Å². The quantitative estimate of drug-likeness (QED) is 0.165. The molecule has 0 nitrogen and oxygen atoms in total. The van der Waals surface area contributed by atoms with E-state index < -0.39 is 0 Å². The molecule has 0 saturated carbocycles. The van der Waals surface area contributed by atoms with E-state index in [9.17, 15) is 0 Å². The van der Waals surface area contributed by atoms with Crippen LogP contribution in [0.3, 0.4) is 0 Å². The largest absolute Gasteiger partial charge is 0.0683 e. The van der Waals surface area contributed by atoms with E-state index in [1.54, 1.807) is 0 Å². The van der Waals surface area contributed by atoms with E-state index in [0.29, 0.717) is 0 Å². The summed E-state index contributed by atoms with van der Waals surface area (Å²) in [6, 6.07) is 68.4. The van der Waals surface area contributed by atoms with Gasteiger partial charge in [0.15, 0.2) is 0 Å². The lowest BCUT2D eigenvalue weighted by molar-refractivity contribution is 1.41. The summed E-state index contributed by atoms with van der Waals surface area (Å²) in [6.07, 6.45) is 0. The number of rotatable bonds is 4. The number of benzene rings is 8. The summed E-state index contributed by atoms with van der Waals surface area (Å²) in [4.78, 5) is 0. The molecule has 0 bridgehead atoms. The van der Waals surface area contributed by atoms with Crippen molar-refractivity contribution >= 4 is 0 Å². The Kier molecular flexibility index (Phi) is 118. The Morgan fingerprint density at radius 1 is 0.136 bits per heavy atom. The molecular formula is C88H152. The molecule has 0 aliphatic carbocycles. The maximum atomic E-state index is 2.22. The summed E-state index contributed by atoms with van der Waals surface area (Å²) in [5.41, 5.74) is 21.2. The van der Waals surface area contributed by atoms with E-state index >= 15 is 0 Å². The van der Waals surface area contributed by atoms with E-state index in [0.717, 1.165) is 0 Å². The molecule has 0 heterocycles. The molecule has 88 heavy (non-hydrogen) atoms. The van der Waals surface area contributed by atoms with Gasteiger partial charge >= 0.3 is 0 Å². The van der Waals surface area contributed by atoms with Crippen LogP contribution in [-0.4, -0.2) is 0 Å². The van der Waals surface area contributed by atoms with Gasteiger partial charge in [0, 0.05) is 0 Å². The minimum atomic E-state index is 1.30. The molecule has 0 unspecified atom stereocenters. The van der Waals surface area contributed by atoms with Crippen molar-refractivity contribution in [1.29, 1.82) is 0 Å². The van der Waals surface area contributed by atoms with E-state index in [4.69, 9.17) is 0 Å². The maximum Gasteiger partial charge on any atom is -0.0152 e. The summed E-state index contributed by atoms with van der Waals surface area (Å²) in [7, 11) is 0. The van der Waals surface area contributed by atoms with Gasteiger partial charge in [-0.3, -0.25) is 0 Å². The van der Waals surface area contributed by atoms with Gasteiger partial charge in [-0.15, -0.1) is 0 Å². The van der Waals surface area contributed by atoms with Crippen LogP contribution in [0, 0.1) is 55.4 Å². The number of aryl methyl sites for hydroxylation is 8. The zero-order valence-electron chi connectivity index (χ0n) is 66.5. The highest BCUT2D eigenvalue weighted by atomic mass is 14.1. The Labute approximate surface area is 557 Å². The normalized spacial score (nSPS) is 7.55. The van der Waals surface area contributed by atoms with Gasteiger partial charge in [-0.1, -0.05) is 432 Å². The van der Waals surface area contributed by atoms with Crippen LogP contribution >= 0.6 is 0 Å². The Hall–Kier alpha value is -6.24. The highest BCUT2D eigenvalue weighted by molar-refractivity contribution is 5.71. The summed E-state index contributed by atoms with van der Waals surface area (Å²) < 4.78 is 0. The first-order chi connectivity index (χ1) is 43.1. The lowest BCUT2D eigenvalue weighted by Gasteiger charge is -2.08. The van der Waals surface area contributed by atoms with Crippen molar-refractivity contribution in [2.24, 2.45) is 0 Å². The molecule has 0 heteroatoms. The third-order valence-electron chi connectivity index (χ3n) is 10.0. The van der Waals surface area contributed by atoms with Crippen LogP contribution in [-0.2, 0) is 0 Å². The first-order valence-electron chi connectivity index (χ1n) is 35.6. The molecule has 0 radical (unpaired) electrons. The average molecular weight is 1210 g/mol. The fourth-order valence-electron chi connectivity index (χ4n) is 6.80. The van der Waals surface area contributed by atoms with Crippen LogP contribution in [0.2, 0.25) is 0 Å². The monoisotopic (exact) mass is 1210 g/mol. The maximum absolute atomic E-state index is 2.22. The molecule has 8 rings (SSSR count). The van der Waals surface area contributed by atoms with Crippen molar-refractivity contribution in [2.75, 3.05) is 0 Å². The molecule has 0 amide bonds. The number of hydrogen-bond donors (Lipinski definition) is 0. The Balaban J connectivity index is -0.0000000758. The fourth-order valence-corrected chi connectivity index (χ4v) is 6.80. The molecule has 8 aromatic rings. The lowest BCUT2D eigenvalue weighted by atomic mass is 9.97. The second kappa shape index (κ2) is 94.4. The van der Waals surface area contributed by atoms with Crippen molar-refractivity contribution in [3.8, 4) is 44.5 Å². The molecule has 0 spiro atoms. The Morgan fingerprint density at radius 2 is 0.318 bits per heavy atom. The molecule has 8 aromatic carbocycles. The molecular weight excluding hydrogens is 1060 g/mol. The van der Waals surface area contributed by atoms with Gasteiger partial charge in [0.25, 0.3) is 0 Å². The molecule has 0 aliphatic heterocycles. The molecule has 0 fully saturated rings. The first-order valence-corrected chi connectivity index (χ1v) is 35.6. The van der Waals surface area contributed by atoms with E-state index in [-0.39, 0.29) is 0 Å². The van der Waals surface area contributed by atoms with Crippen molar-refractivity contribution in [3.05, 3.63) is 239 Å². The van der Waals surface area contributed by atoms with Gasteiger partial charge in [0.1, 0.15) is 0 Å². The van der Waals surface area contributed by atoms with Gasteiger partial charge in [0.2, 0.25) is 0 Å². The summed E-state index contributed by atoms with van der Waals surface area (Å²) >= 11 is 0. The third-order valence-corrected chi connectivity index (χ3v) is 10.0. The van der Waals surface area contributed by atoms with Gasteiger partial charge in [-0.05, 0) is 128 Å². The molecule has 0 aliphatic rings. The third kappa shape index (κ3) is 55.1. The van der Waals surface area contributed by atoms with Crippen molar-refractivity contribution in [3.63, 3.8) is 0 Å². The second-order valence-electron chi connectivity index (χ2n) is 14.7. The minimum Gasteiger partial charge on any atom is -0.0683 e. The van der Waals surface area contributed by atoms with Crippen LogP contribution in [0.15, 0.2) is 194 Å². The van der Waals surface area contributed by atoms with Crippen molar-refractivity contribution < 1.29 is 0 Å². The van der Waals surface area contributed by atoms with E-state index in [1.807, 2.05) is 222 Å². The highest BCUT2D eigenvalue weighted by Gasteiger charge is 2.04. The summed E-state index contributed by atoms with van der Waals surface area (Å²) in [5.74, 6) is 0. The van der Waals surface area contributed by atoms with Gasteiger partial charge < -0.3 is 0 Å². The zero-order chi connectivity index (χ0) is 71.9. The lowest BCUT2D eigenvalue weighted by Crippen LogP contribution is -1.85. The molecule has 0 saturated heterocycles. The van der Waals surface area contributed by atoms with Gasteiger partial charge in [-0.2, -0.15) is 0 Å². The fraction of sp³-hybridized carbons (Fsp3) is 0.455. The SMILES string of the molecule is CC.CC.CC.CC.CC.CC.CC.CC.CC.CC.CC.CC.CC.CC.CC.CC.Cc1ccc(-c2ccccc2C)cc1.Cc1cccc(-c2ccccc2C)c1.Cc1cccc(-c2ccccc2C)c1.Cc1ccccc1-c1ccccc1C. The van der Waals surface area contributed by atoms with Crippen LogP contribution in [0.25, 0.3) is 44.5 Å². The second-order valence-corrected chi connectivity index (χ2v) is 14.7. The molecule has 504 valence electrons. The predicted octanol–water partition coefficient (Wildman–Crippen LogP) is 32.3. The van der Waals surface area contributed by atoms with E-state index in [1.165, 1.54) is 89.0 Å². The van der Waals surface area contributed by atoms with Gasteiger partial charge in [0.05, 0.1) is 0 Å². The minimum absolute atomic E-state index is 1.30. The summed E-state index contributed by atoms with van der Waals surface area (Å²) in [6.45, 7) is 81.1. The summed E-state index contributed by atoms with van der Waals surface area (Å²) in [5, 5.41) is 0. The van der Waals surface area contributed by atoms with Gasteiger partial charge in [-0.25, -0.2) is 0 Å². The van der Waals surface area contributed by atoms with Crippen molar-refractivity contribution in [2.45, 2.75) is 277 Å². The zero-order valence-corrected chi connectivity index (χ0v) is 66.5. The average Bonchev–Trinajstić information content (AvgIpc) is 3.75. The highest BCUT2D eigenvalue weighted by Crippen LogP contribution is 2.27.